The first-order valence-electron chi connectivity index (χ1n) is 5.09. The normalized spacial score (nSPS) is 9.94. The molecule has 17 heavy (non-hydrogen) atoms. The molecule has 0 bridgehead atoms. The molecule has 0 fully saturated rings. The van der Waals surface area contributed by atoms with Crippen molar-refractivity contribution in [3.05, 3.63) is 58.8 Å². The summed E-state index contributed by atoms with van der Waals surface area (Å²) in [7, 11) is 0. The van der Waals surface area contributed by atoms with Gasteiger partial charge >= 0.3 is 0 Å². The van der Waals surface area contributed by atoms with Crippen LogP contribution in [0.4, 0.5) is 0 Å². The first-order chi connectivity index (χ1) is 8.27. The highest BCUT2D eigenvalue weighted by molar-refractivity contribution is 9.10. The van der Waals surface area contributed by atoms with E-state index in [1.807, 2.05) is 18.2 Å². The minimum absolute atomic E-state index is 0.0143. The van der Waals surface area contributed by atoms with Gasteiger partial charge in [-0.2, -0.15) is 0 Å². The van der Waals surface area contributed by atoms with Crippen molar-refractivity contribution < 1.29 is 9.53 Å². The summed E-state index contributed by atoms with van der Waals surface area (Å²) in [6, 6.07) is 12.6. The molecule has 2 aromatic rings. The number of hydrogen-bond acceptors (Lipinski definition) is 3. The molecule has 0 radical (unpaired) electrons. The fourth-order valence-electron chi connectivity index (χ4n) is 1.31. The number of nitrogens with zero attached hydrogens (tertiary/aromatic N) is 1. The van der Waals surface area contributed by atoms with E-state index in [1.165, 1.54) is 0 Å². The summed E-state index contributed by atoms with van der Waals surface area (Å²) >= 11 is 3.35. The third-order valence-corrected chi connectivity index (χ3v) is 2.80. The first kappa shape index (κ1) is 11.8. The fourth-order valence-corrected chi connectivity index (χ4v) is 1.71. The van der Waals surface area contributed by atoms with Gasteiger partial charge in [0, 0.05) is 6.20 Å². The second-order valence-electron chi connectivity index (χ2n) is 3.36. The van der Waals surface area contributed by atoms with Crippen LogP contribution in [0.25, 0.3) is 0 Å². The molecule has 0 spiro atoms. The van der Waals surface area contributed by atoms with Crippen molar-refractivity contribution in [2.75, 3.05) is 6.61 Å². The molecule has 0 unspecified atom stereocenters. The highest BCUT2D eigenvalue weighted by atomic mass is 79.9. The van der Waals surface area contributed by atoms with E-state index in [1.54, 1.807) is 30.5 Å². The average Bonchev–Trinajstić information content (AvgIpc) is 2.38. The average molecular weight is 292 g/mol. The number of halogens is 1. The Kier molecular flexibility index (Phi) is 3.88. The van der Waals surface area contributed by atoms with Gasteiger partial charge in [-0.1, -0.05) is 18.2 Å². The number of ketones is 1. The smallest absolute Gasteiger partial charge is 0.218 e. The Balaban J connectivity index is 2.00. The highest BCUT2D eigenvalue weighted by Gasteiger charge is 2.08. The number of benzene rings is 1. The highest BCUT2D eigenvalue weighted by Crippen LogP contribution is 2.23. The number of rotatable bonds is 4. The van der Waals surface area contributed by atoms with Crippen molar-refractivity contribution >= 4 is 21.7 Å². The van der Waals surface area contributed by atoms with Crippen LogP contribution in [0.2, 0.25) is 0 Å². The molecule has 0 aliphatic heterocycles. The van der Waals surface area contributed by atoms with E-state index < -0.39 is 0 Å². The topological polar surface area (TPSA) is 39.2 Å². The molecule has 0 amide bonds. The predicted molar refractivity (Wildman–Crippen MR) is 68.2 cm³/mol. The number of pyridine rings is 1. The van der Waals surface area contributed by atoms with Gasteiger partial charge in [0.15, 0.2) is 6.61 Å². The zero-order valence-corrected chi connectivity index (χ0v) is 10.6. The van der Waals surface area contributed by atoms with Gasteiger partial charge < -0.3 is 4.74 Å². The largest absolute Gasteiger partial charge is 0.484 e. The Labute approximate surface area is 108 Å². The van der Waals surface area contributed by atoms with Crippen LogP contribution in [-0.4, -0.2) is 17.4 Å². The number of ether oxygens (including phenoxy) is 1. The minimum Gasteiger partial charge on any atom is -0.484 e. The monoisotopic (exact) mass is 291 g/mol. The molecule has 0 aliphatic rings. The van der Waals surface area contributed by atoms with Gasteiger partial charge in [0.25, 0.3) is 0 Å². The van der Waals surface area contributed by atoms with Crippen LogP contribution in [0.3, 0.4) is 0 Å². The van der Waals surface area contributed by atoms with Crippen molar-refractivity contribution in [3.63, 3.8) is 0 Å². The Bertz CT molecular complexity index is 514. The predicted octanol–water partition coefficient (Wildman–Crippen LogP) is 3.11. The standard InChI is InChI=1S/C13H10BrNO2/c14-10-5-1-2-7-13(10)17-9-12(16)11-6-3-4-8-15-11/h1-8H,9H2. The molecule has 3 nitrogen and oxygen atoms in total. The molecule has 2 rings (SSSR count). The molecular formula is C13H10BrNO2. The first-order valence-corrected chi connectivity index (χ1v) is 5.88. The van der Waals surface area contributed by atoms with Crippen LogP contribution in [0.5, 0.6) is 5.75 Å². The number of carbonyl (C=O) groups is 1. The Morgan fingerprint density at radius 2 is 1.94 bits per heavy atom. The van der Waals surface area contributed by atoms with Crippen LogP contribution in [0.1, 0.15) is 10.5 Å². The third-order valence-electron chi connectivity index (χ3n) is 2.15. The molecule has 1 aromatic carbocycles. The summed E-state index contributed by atoms with van der Waals surface area (Å²) in [5.41, 5.74) is 0.416. The van der Waals surface area contributed by atoms with Gasteiger partial charge in [-0.05, 0) is 40.2 Å². The van der Waals surface area contributed by atoms with Gasteiger partial charge in [-0.3, -0.25) is 9.78 Å². The van der Waals surface area contributed by atoms with Gasteiger partial charge in [-0.25, -0.2) is 0 Å². The zero-order chi connectivity index (χ0) is 12.1. The quantitative estimate of drug-likeness (QED) is 0.813. The Hall–Kier alpha value is -1.68. The van der Waals surface area contributed by atoms with E-state index in [0.29, 0.717) is 11.4 Å². The SMILES string of the molecule is O=C(COc1ccccc1Br)c1ccccn1. The van der Waals surface area contributed by atoms with E-state index in [9.17, 15) is 4.79 Å². The van der Waals surface area contributed by atoms with Crippen LogP contribution in [0.15, 0.2) is 53.1 Å². The van der Waals surface area contributed by atoms with Gasteiger partial charge in [0.1, 0.15) is 11.4 Å². The van der Waals surface area contributed by atoms with Crippen molar-refractivity contribution in [3.8, 4) is 5.75 Å². The van der Waals surface area contributed by atoms with Gasteiger partial charge in [-0.15, -0.1) is 0 Å². The number of Topliss-reactive ketones (excluding diaryl/α,β-unsaturated/α-hetero) is 1. The summed E-state index contributed by atoms with van der Waals surface area (Å²) in [4.78, 5) is 15.7. The molecule has 0 N–H and O–H groups in total. The maximum atomic E-state index is 11.7. The number of para-hydroxylation sites is 1. The molecule has 0 aliphatic carbocycles. The number of carbonyl (C=O) groups excluding carboxylic acids is 1. The van der Waals surface area contributed by atoms with Gasteiger partial charge in [0.2, 0.25) is 5.78 Å². The Morgan fingerprint density at radius 3 is 2.65 bits per heavy atom. The third kappa shape index (κ3) is 3.14. The molecule has 1 aromatic heterocycles. The lowest BCUT2D eigenvalue weighted by atomic mass is 10.2. The lowest BCUT2D eigenvalue weighted by Crippen LogP contribution is -2.13. The van der Waals surface area contributed by atoms with E-state index in [2.05, 4.69) is 20.9 Å². The molecule has 4 heteroatoms. The van der Waals surface area contributed by atoms with Crippen molar-refractivity contribution in [2.24, 2.45) is 0 Å². The van der Waals surface area contributed by atoms with Gasteiger partial charge in [0.05, 0.1) is 4.47 Å². The second kappa shape index (κ2) is 5.59. The van der Waals surface area contributed by atoms with Crippen LogP contribution < -0.4 is 4.74 Å². The maximum absolute atomic E-state index is 11.7. The summed E-state index contributed by atoms with van der Waals surface area (Å²) < 4.78 is 6.24. The van der Waals surface area contributed by atoms with Crippen LogP contribution in [0, 0.1) is 0 Å². The summed E-state index contributed by atoms with van der Waals surface area (Å²) in [5, 5.41) is 0. The van der Waals surface area contributed by atoms with E-state index >= 15 is 0 Å². The fraction of sp³-hybridized carbons (Fsp3) is 0.0769. The van der Waals surface area contributed by atoms with Crippen LogP contribution >= 0.6 is 15.9 Å². The van der Waals surface area contributed by atoms with E-state index in [4.69, 9.17) is 4.74 Å². The van der Waals surface area contributed by atoms with Crippen LogP contribution in [-0.2, 0) is 0 Å². The maximum Gasteiger partial charge on any atom is 0.218 e. The lowest BCUT2D eigenvalue weighted by molar-refractivity contribution is 0.0916. The molecule has 0 atom stereocenters. The van der Waals surface area contributed by atoms with E-state index in [0.717, 1.165) is 4.47 Å². The number of hydrogen-bond donors (Lipinski definition) is 0. The molecule has 1 heterocycles. The van der Waals surface area contributed by atoms with Crippen molar-refractivity contribution in [1.82, 2.24) is 4.98 Å². The lowest BCUT2D eigenvalue weighted by Gasteiger charge is -2.06. The summed E-state index contributed by atoms with van der Waals surface area (Å²) in [6.45, 7) is -0.0143. The summed E-state index contributed by atoms with van der Waals surface area (Å²) in [5.74, 6) is 0.512. The zero-order valence-electron chi connectivity index (χ0n) is 8.97. The summed E-state index contributed by atoms with van der Waals surface area (Å²) in [6.07, 6.45) is 1.59. The minimum atomic E-state index is -0.138. The second-order valence-corrected chi connectivity index (χ2v) is 4.21. The Morgan fingerprint density at radius 1 is 1.18 bits per heavy atom. The molecular weight excluding hydrogens is 282 g/mol. The molecule has 86 valence electrons. The van der Waals surface area contributed by atoms with Crippen molar-refractivity contribution in [2.45, 2.75) is 0 Å². The van der Waals surface area contributed by atoms with E-state index in [-0.39, 0.29) is 12.4 Å². The van der Waals surface area contributed by atoms with Crippen molar-refractivity contribution in [1.29, 1.82) is 0 Å². The number of aromatic nitrogens is 1. The molecule has 0 saturated carbocycles. The molecule has 0 saturated heterocycles.